The number of benzene rings is 5. The van der Waals surface area contributed by atoms with Crippen molar-refractivity contribution in [2.45, 2.75) is 66.7 Å². The third kappa shape index (κ3) is 5.38. The lowest BCUT2D eigenvalue weighted by Gasteiger charge is -2.24. The molecule has 2 nitrogen and oxygen atoms in total. The minimum absolute atomic E-state index is 0.288. The van der Waals surface area contributed by atoms with E-state index in [-0.39, 0.29) is 11.8 Å². The van der Waals surface area contributed by atoms with Crippen molar-refractivity contribution < 1.29 is 2.74 Å². The highest BCUT2D eigenvalue weighted by atomic mass is 32.1. The Balaban J connectivity index is 1.53. The Labute approximate surface area is 274 Å². The number of fused-ring (bicyclic) bond motifs is 4. The molecule has 0 N–H and O–H groups in total. The Kier molecular flexibility index (Phi) is 6.81. The Bertz CT molecular complexity index is 2240. The second-order valence-corrected chi connectivity index (χ2v) is 14.9. The lowest BCUT2D eigenvalue weighted by atomic mass is 9.88. The summed E-state index contributed by atoms with van der Waals surface area (Å²) in [5.41, 5.74) is 9.65. The van der Waals surface area contributed by atoms with Crippen LogP contribution in [-0.2, 0) is 6.37 Å². The van der Waals surface area contributed by atoms with Gasteiger partial charge >= 0.3 is 0 Å². The Morgan fingerprint density at radius 3 is 2.11 bits per heavy atom. The number of nitrogens with zero attached hydrogens (tertiary/aromatic N) is 2. The fourth-order valence-corrected chi connectivity index (χ4v) is 7.78. The van der Waals surface area contributed by atoms with Crippen LogP contribution in [-0.4, -0.2) is 9.55 Å². The number of hydrogen-bond donors (Lipinski definition) is 0. The van der Waals surface area contributed by atoms with Crippen molar-refractivity contribution in [3.63, 3.8) is 0 Å². The minimum atomic E-state index is -1.46. The first kappa shape index (κ1) is 27.1. The number of aromatic nitrogens is 2. The van der Waals surface area contributed by atoms with Gasteiger partial charge in [-0.15, -0.1) is 11.3 Å². The van der Waals surface area contributed by atoms with E-state index in [1.54, 1.807) is 11.3 Å². The average molecular weight is 609 g/mol. The molecule has 2 aromatic heterocycles. The standard InChI is InChI=1S/C42H42N2S/c1-26(2)34-23-30(29-14-9-8-10-15-29)24-35(27(3)4)39(34)44-37-19-12-11-18-36(37)43-41(44)33-17-13-16-32-31-21-20-28(25-42(5,6)7)22-38(31)45-40(32)33/h8-24,26-27H,25H2,1-7H3/i25D2. The highest BCUT2D eigenvalue weighted by Gasteiger charge is 2.25. The summed E-state index contributed by atoms with van der Waals surface area (Å²) in [5.74, 6) is 1.51. The van der Waals surface area contributed by atoms with Crippen LogP contribution in [0.3, 0.4) is 0 Å². The van der Waals surface area contributed by atoms with E-state index in [9.17, 15) is 0 Å². The highest BCUT2D eigenvalue weighted by Crippen LogP contribution is 2.44. The van der Waals surface area contributed by atoms with E-state index in [4.69, 9.17) is 7.73 Å². The predicted octanol–water partition coefficient (Wildman–Crippen LogP) is 12.6. The SMILES string of the molecule is [2H]C([2H])(c1ccc2c(c1)sc1c(-c3nc4ccccc4n3-c3c(C(C)C)cc(-c4ccccc4)cc3C(C)C)cccc12)C(C)(C)C. The molecule has 0 bridgehead atoms. The normalized spacial score (nSPS) is 13.4. The minimum Gasteiger partial charge on any atom is -0.292 e. The number of imidazole rings is 1. The largest absolute Gasteiger partial charge is 0.292 e. The van der Waals surface area contributed by atoms with E-state index < -0.39 is 11.8 Å². The molecule has 0 amide bonds. The molecule has 7 aromatic rings. The number of hydrogen-bond acceptors (Lipinski definition) is 2. The van der Waals surface area contributed by atoms with Crippen LogP contribution in [0.1, 0.15) is 79.7 Å². The van der Waals surface area contributed by atoms with Gasteiger partial charge in [0.15, 0.2) is 0 Å². The molecule has 0 saturated heterocycles. The fourth-order valence-electron chi connectivity index (χ4n) is 6.53. The van der Waals surface area contributed by atoms with Crippen molar-refractivity contribution in [2.75, 3.05) is 0 Å². The van der Waals surface area contributed by atoms with Crippen LogP contribution >= 0.6 is 11.3 Å². The summed E-state index contributed by atoms with van der Waals surface area (Å²) in [6.45, 7) is 15.1. The summed E-state index contributed by atoms with van der Waals surface area (Å²) < 4.78 is 22.5. The van der Waals surface area contributed by atoms with Gasteiger partial charge < -0.3 is 0 Å². The van der Waals surface area contributed by atoms with Gasteiger partial charge in [-0.25, -0.2) is 4.98 Å². The third-order valence-electron chi connectivity index (χ3n) is 8.56. The molecule has 45 heavy (non-hydrogen) atoms. The number of rotatable bonds is 6. The molecule has 7 rings (SSSR count). The van der Waals surface area contributed by atoms with Gasteiger partial charge in [0.2, 0.25) is 0 Å². The first-order valence-corrected chi connectivity index (χ1v) is 16.9. The van der Waals surface area contributed by atoms with Gasteiger partial charge in [-0.05, 0) is 87.8 Å². The summed E-state index contributed by atoms with van der Waals surface area (Å²) >= 11 is 1.74. The van der Waals surface area contributed by atoms with E-state index in [2.05, 4.69) is 129 Å². The van der Waals surface area contributed by atoms with E-state index in [1.807, 2.05) is 26.8 Å². The number of para-hydroxylation sites is 2. The van der Waals surface area contributed by atoms with Crippen LogP contribution in [0.15, 0.2) is 103 Å². The van der Waals surface area contributed by atoms with Crippen molar-refractivity contribution in [3.05, 3.63) is 120 Å². The van der Waals surface area contributed by atoms with Crippen molar-refractivity contribution in [3.8, 4) is 28.2 Å². The second kappa shape index (κ2) is 11.3. The molecule has 0 radical (unpaired) electrons. The molecule has 226 valence electrons. The van der Waals surface area contributed by atoms with Crippen molar-refractivity contribution in [1.82, 2.24) is 9.55 Å². The highest BCUT2D eigenvalue weighted by molar-refractivity contribution is 7.26. The molecule has 3 heteroatoms. The van der Waals surface area contributed by atoms with Gasteiger partial charge in [-0.3, -0.25) is 4.57 Å². The summed E-state index contributed by atoms with van der Waals surface area (Å²) in [6.07, 6.45) is -1.46. The van der Waals surface area contributed by atoms with Gasteiger partial charge in [-0.2, -0.15) is 0 Å². The van der Waals surface area contributed by atoms with Gasteiger partial charge in [0.05, 0.1) is 16.7 Å². The van der Waals surface area contributed by atoms with Gasteiger partial charge in [0.25, 0.3) is 0 Å². The lowest BCUT2D eigenvalue weighted by Crippen LogP contribution is -2.09. The maximum Gasteiger partial charge on any atom is 0.147 e. The zero-order chi connectivity index (χ0) is 33.2. The second-order valence-electron chi connectivity index (χ2n) is 13.8. The van der Waals surface area contributed by atoms with Gasteiger partial charge in [-0.1, -0.05) is 115 Å². The van der Waals surface area contributed by atoms with Gasteiger partial charge in [0.1, 0.15) is 5.82 Å². The average Bonchev–Trinajstić information content (AvgIpc) is 3.62. The van der Waals surface area contributed by atoms with Crippen molar-refractivity contribution in [2.24, 2.45) is 5.41 Å². The predicted molar refractivity (Wildman–Crippen MR) is 196 cm³/mol. The first-order chi connectivity index (χ1) is 22.4. The van der Waals surface area contributed by atoms with E-state index in [0.717, 1.165) is 38.1 Å². The lowest BCUT2D eigenvalue weighted by molar-refractivity contribution is 0.411. The summed E-state index contributed by atoms with van der Waals surface area (Å²) in [4.78, 5) is 5.36. The van der Waals surface area contributed by atoms with E-state index in [1.165, 1.54) is 38.0 Å². The summed E-state index contributed by atoms with van der Waals surface area (Å²) in [5, 5.41) is 2.33. The molecule has 2 heterocycles. The van der Waals surface area contributed by atoms with Crippen molar-refractivity contribution in [1.29, 1.82) is 0 Å². The summed E-state index contributed by atoms with van der Waals surface area (Å²) in [6, 6.07) is 36.6. The van der Waals surface area contributed by atoms with Crippen LogP contribution in [0.25, 0.3) is 59.4 Å². The van der Waals surface area contributed by atoms with Crippen LogP contribution < -0.4 is 0 Å². The topological polar surface area (TPSA) is 17.8 Å². The maximum atomic E-state index is 8.93. The smallest absolute Gasteiger partial charge is 0.147 e. The monoisotopic (exact) mass is 608 g/mol. The maximum absolute atomic E-state index is 8.93. The zero-order valence-electron chi connectivity index (χ0n) is 29.3. The quantitative estimate of drug-likeness (QED) is 0.184. The Morgan fingerprint density at radius 1 is 0.733 bits per heavy atom. The Hall–Kier alpha value is -4.21. The van der Waals surface area contributed by atoms with Crippen LogP contribution in [0.4, 0.5) is 0 Å². The Morgan fingerprint density at radius 2 is 1.42 bits per heavy atom. The molecule has 5 aromatic carbocycles. The molecular formula is C42H42N2S. The molecule has 0 fully saturated rings. The van der Waals surface area contributed by atoms with E-state index >= 15 is 0 Å². The fraction of sp³-hybridized carbons (Fsp3) is 0.262. The molecule has 0 aliphatic heterocycles. The molecule has 0 unspecified atom stereocenters. The molecule has 0 spiro atoms. The zero-order valence-corrected chi connectivity index (χ0v) is 28.1. The molecule has 0 aliphatic rings. The van der Waals surface area contributed by atoms with Crippen LogP contribution in [0, 0.1) is 5.41 Å². The first-order valence-electron chi connectivity index (χ1n) is 17.0. The third-order valence-corrected chi connectivity index (χ3v) is 9.77. The van der Waals surface area contributed by atoms with Crippen LogP contribution in [0.2, 0.25) is 0 Å². The van der Waals surface area contributed by atoms with Gasteiger partial charge in [0, 0.05) is 28.5 Å². The number of thiophene rings is 1. The van der Waals surface area contributed by atoms with E-state index in [0.29, 0.717) is 0 Å². The molecular weight excluding hydrogens is 565 g/mol. The molecule has 0 atom stereocenters. The van der Waals surface area contributed by atoms with Crippen molar-refractivity contribution >= 4 is 42.5 Å². The summed E-state index contributed by atoms with van der Waals surface area (Å²) in [7, 11) is 0. The van der Waals surface area contributed by atoms with Crippen LogP contribution in [0.5, 0.6) is 0 Å². The molecule has 0 aliphatic carbocycles. The molecule has 0 saturated carbocycles.